The molecule has 0 saturated carbocycles. The molecule has 0 spiro atoms. The van der Waals surface area contributed by atoms with Crippen molar-refractivity contribution in [3.05, 3.63) is 65.7 Å². The third-order valence-corrected chi connectivity index (χ3v) is 4.12. The summed E-state index contributed by atoms with van der Waals surface area (Å²) in [6, 6.07) is 8.04. The van der Waals surface area contributed by atoms with Gasteiger partial charge in [-0.2, -0.15) is 0 Å². The Morgan fingerprint density at radius 2 is 2.00 bits per heavy atom. The largest absolute Gasteiger partial charge is 0.387 e. The van der Waals surface area contributed by atoms with Gasteiger partial charge in [0.25, 0.3) is 5.91 Å². The number of aliphatic hydroxyl groups excluding tert-OH is 1. The van der Waals surface area contributed by atoms with Gasteiger partial charge < -0.3 is 10.4 Å². The lowest BCUT2D eigenvalue weighted by atomic mass is 9.93. The maximum Gasteiger partial charge on any atom is 0.325 e. The van der Waals surface area contributed by atoms with Crippen LogP contribution in [0.2, 0.25) is 0 Å². The van der Waals surface area contributed by atoms with Gasteiger partial charge >= 0.3 is 6.03 Å². The molecule has 2 N–H and O–H groups in total. The van der Waals surface area contributed by atoms with E-state index in [0.717, 1.165) is 4.90 Å². The highest BCUT2D eigenvalue weighted by atomic mass is 19.1. The molecule has 2 aromatic rings. The molecule has 2 heterocycles. The maximum atomic E-state index is 13.0. The summed E-state index contributed by atoms with van der Waals surface area (Å²) in [4.78, 5) is 29.8. The van der Waals surface area contributed by atoms with Crippen LogP contribution in [-0.4, -0.2) is 33.5 Å². The number of β-amino-alcohol motifs (C(OH)–C–C–N with tert-alkyl or cyclic N) is 1. The number of benzene rings is 1. The first-order chi connectivity index (χ1) is 11.4. The lowest BCUT2D eigenvalue weighted by molar-refractivity contribution is -0.132. The average molecular weight is 329 g/mol. The molecule has 0 unspecified atom stereocenters. The van der Waals surface area contributed by atoms with Crippen LogP contribution in [0.3, 0.4) is 0 Å². The minimum Gasteiger partial charge on any atom is -0.387 e. The lowest BCUT2D eigenvalue weighted by Gasteiger charge is -2.22. The second-order valence-electron chi connectivity index (χ2n) is 5.78. The summed E-state index contributed by atoms with van der Waals surface area (Å²) >= 11 is 0. The smallest absolute Gasteiger partial charge is 0.325 e. The number of aliphatic hydroxyl groups is 1. The van der Waals surface area contributed by atoms with E-state index in [2.05, 4.69) is 10.3 Å². The third-order valence-electron chi connectivity index (χ3n) is 4.12. The van der Waals surface area contributed by atoms with E-state index in [1.807, 2.05) is 0 Å². The maximum absolute atomic E-state index is 13.0. The van der Waals surface area contributed by atoms with Crippen LogP contribution >= 0.6 is 0 Å². The molecule has 2 atom stereocenters. The summed E-state index contributed by atoms with van der Waals surface area (Å²) in [6.07, 6.45) is 1.99. The monoisotopic (exact) mass is 329 g/mol. The van der Waals surface area contributed by atoms with Crippen molar-refractivity contribution in [2.45, 2.75) is 18.6 Å². The zero-order chi connectivity index (χ0) is 17.3. The van der Waals surface area contributed by atoms with Gasteiger partial charge in [0.1, 0.15) is 11.4 Å². The van der Waals surface area contributed by atoms with Gasteiger partial charge in [-0.05, 0) is 30.7 Å². The Labute approximate surface area is 137 Å². The van der Waals surface area contributed by atoms with E-state index in [1.165, 1.54) is 30.5 Å². The topological polar surface area (TPSA) is 82.5 Å². The summed E-state index contributed by atoms with van der Waals surface area (Å²) in [5, 5.41) is 12.9. The van der Waals surface area contributed by atoms with E-state index in [0.29, 0.717) is 11.1 Å². The fraction of sp³-hybridized carbons (Fsp3) is 0.235. The molecule has 1 aliphatic rings. The van der Waals surface area contributed by atoms with Gasteiger partial charge in [-0.1, -0.05) is 18.2 Å². The molecule has 1 aromatic heterocycles. The molecule has 3 amide bonds. The first kappa shape index (κ1) is 16.1. The summed E-state index contributed by atoms with van der Waals surface area (Å²) in [5.41, 5.74) is -0.248. The van der Waals surface area contributed by atoms with Crippen molar-refractivity contribution in [2.24, 2.45) is 0 Å². The highest BCUT2D eigenvalue weighted by molar-refractivity contribution is 6.07. The standard InChI is InChI=1S/C17H16FN3O3/c1-17(12-3-2-8-19-9-12)15(23)21(16(24)20-17)10-14(22)11-4-6-13(18)7-5-11/h2-9,14,22H,10H2,1H3,(H,20,24)/t14-,17+/m1/s1. The van der Waals surface area contributed by atoms with Crippen LogP contribution in [-0.2, 0) is 10.3 Å². The van der Waals surface area contributed by atoms with Crippen molar-refractivity contribution in [1.29, 1.82) is 0 Å². The van der Waals surface area contributed by atoms with E-state index in [-0.39, 0.29) is 6.54 Å². The lowest BCUT2D eigenvalue weighted by Crippen LogP contribution is -2.41. The molecule has 1 aromatic carbocycles. The number of amides is 3. The highest BCUT2D eigenvalue weighted by Crippen LogP contribution is 2.29. The zero-order valence-electron chi connectivity index (χ0n) is 12.9. The number of carbonyl (C=O) groups is 2. The first-order valence-corrected chi connectivity index (χ1v) is 7.40. The van der Waals surface area contributed by atoms with Crippen molar-refractivity contribution in [1.82, 2.24) is 15.2 Å². The summed E-state index contributed by atoms with van der Waals surface area (Å²) in [6.45, 7) is 1.38. The number of carbonyl (C=O) groups excluding carboxylic acids is 2. The molecule has 7 heteroatoms. The van der Waals surface area contributed by atoms with E-state index in [4.69, 9.17) is 0 Å². The Balaban J connectivity index is 1.81. The Morgan fingerprint density at radius 1 is 1.29 bits per heavy atom. The second kappa shape index (κ2) is 6.01. The number of nitrogens with one attached hydrogen (secondary N) is 1. The highest BCUT2D eigenvalue weighted by Gasteiger charge is 2.49. The summed E-state index contributed by atoms with van der Waals surface area (Å²) in [5.74, 6) is -0.897. The number of halogens is 1. The minimum atomic E-state index is -1.23. The van der Waals surface area contributed by atoms with Gasteiger partial charge in [0.2, 0.25) is 0 Å². The second-order valence-corrected chi connectivity index (χ2v) is 5.78. The minimum absolute atomic E-state index is 0.216. The van der Waals surface area contributed by atoms with Crippen LogP contribution in [0.25, 0.3) is 0 Å². The normalized spacial score (nSPS) is 21.7. The van der Waals surface area contributed by atoms with Gasteiger partial charge in [0, 0.05) is 18.0 Å². The summed E-state index contributed by atoms with van der Waals surface area (Å²) < 4.78 is 13.0. The van der Waals surface area contributed by atoms with Gasteiger partial charge in [-0.15, -0.1) is 0 Å². The number of urea groups is 1. The van der Waals surface area contributed by atoms with Gasteiger partial charge in [-0.3, -0.25) is 14.7 Å². The summed E-state index contributed by atoms with van der Waals surface area (Å²) in [7, 11) is 0. The van der Waals surface area contributed by atoms with Crippen LogP contribution in [0, 0.1) is 5.82 Å². The Bertz CT molecular complexity index is 766. The third kappa shape index (κ3) is 2.74. The van der Waals surface area contributed by atoms with Gasteiger partial charge in [0.15, 0.2) is 0 Å². The predicted molar refractivity (Wildman–Crippen MR) is 83.2 cm³/mol. The van der Waals surface area contributed by atoms with Crippen LogP contribution < -0.4 is 5.32 Å². The molecule has 3 rings (SSSR count). The molecular formula is C17H16FN3O3. The Kier molecular flexibility index (Phi) is 4.02. The zero-order valence-corrected chi connectivity index (χ0v) is 12.9. The number of hydrogen-bond acceptors (Lipinski definition) is 4. The van der Waals surface area contributed by atoms with Crippen molar-refractivity contribution < 1.29 is 19.1 Å². The van der Waals surface area contributed by atoms with Crippen molar-refractivity contribution >= 4 is 11.9 Å². The van der Waals surface area contributed by atoms with Crippen molar-refractivity contribution in [3.63, 3.8) is 0 Å². The number of nitrogens with zero attached hydrogens (tertiary/aromatic N) is 2. The Hall–Kier alpha value is -2.80. The molecule has 0 bridgehead atoms. The molecule has 1 aliphatic heterocycles. The van der Waals surface area contributed by atoms with Crippen molar-refractivity contribution in [3.8, 4) is 0 Å². The molecule has 24 heavy (non-hydrogen) atoms. The van der Waals surface area contributed by atoms with E-state index < -0.39 is 29.4 Å². The quantitative estimate of drug-likeness (QED) is 0.837. The van der Waals surface area contributed by atoms with E-state index >= 15 is 0 Å². The van der Waals surface area contributed by atoms with Gasteiger partial charge in [0.05, 0.1) is 12.6 Å². The van der Waals surface area contributed by atoms with E-state index in [9.17, 15) is 19.1 Å². The molecule has 1 fully saturated rings. The molecule has 0 radical (unpaired) electrons. The van der Waals surface area contributed by atoms with Crippen LogP contribution in [0.1, 0.15) is 24.2 Å². The fourth-order valence-electron chi connectivity index (χ4n) is 2.68. The first-order valence-electron chi connectivity index (χ1n) is 7.40. The SMILES string of the molecule is C[C@@]1(c2cccnc2)NC(=O)N(C[C@@H](O)c2ccc(F)cc2)C1=O. The van der Waals surface area contributed by atoms with Gasteiger partial charge in [-0.25, -0.2) is 9.18 Å². The number of aromatic nitrogens is 1. The van der Waals surface area contributed by atoms with Crippen LogP contribution in [0.15, 0.2) is 48.8 Å². The number of imide groups is 1. The molecule has 1 saturated heterocycles. The van der Waals surface area contributed by atoms with E-state index in [1.54, 1.807) is 25.3 Å². The van der Waals surface area contributed by atoms with Crippen LogP contribution in [0.5, 0.6) is 0 Å². The predicted octanol–water partition coefficient (Wildman–Crippen LogP) is 1.72. The number of pyridine rings is 1. The molecule has 124 valence electrons. The fourth-order valence-corrected chi connectivity index (χ4v) is 2.68. The van der Waals surface area contributed by atoms with Crippen molar-refractivity contribution in [2.75, 3.05) is 6.54 Å². The number of rotatable bonds is 4. The molecular weight excluding hydrogens is 313 g/mol. The number of hydrogen-bond donors (Lipinski definition) is 2. The average Bonchev–Trinajstić information content (AvgIpc) is 2.80. The Morgan fingerprint density at radius 3 is 2.62 bits per heavy atom. The van der Waals surface area contributed by atoms with Crippen LogP contribution in [0.4, 0.5) is 9.18 Å². The molecule has 6 nitrogen and oxygen atoms in total. The molecule has 0 aliphatic carbocycles.